The van der Waals surface area contributed by atoms with Gasteiger partial charge >= 0.3 is 0 Å². The lowest BCUT2D eigenvalue weighted by Crippen LogP contribution is -2.37. The van der Waals surface area contributed by atoms with Crippen molar-refractivity contribution in [2.75, 3.05) is 13.1 Å². The summed E-state index contributed by atoms with van der Waals surface area (Å²) in [6, 6.07) is 4.22. The predicted octanol–water partition coefficient (Wildman–Crippen LogP) is 0.124. The second kappa shape index (κ2) is 7.99. The normalized spacial score (nSPS) is 10.8. The molecule has 0 radical (unpaired) electrons. The number of benzene rings is 1. The number of halogens is 1. The minimum Gasteiger partial charge on any atom is -0.353 e. The Kier molecular flexibility index (Phi) is 5.48. The maximum absolute atomic E-state index is 13.5. The number of nitrogens with zero attached hydrogens (tertiary/aromatic N) is 4. The number of nitrogens with one attached hydrogen (secondary N) is 2. The summed E-state index contributed by atoms with van der Waals surface area (Å²) in [5.41, 5.74) is 0.745. The van der Waals surface area contributed by atoms with E-state index in [-0.39, 0.29) is 30.8 Å². The molecule has 2 heterocycles. The molecule has 0 fully saturated rings. The maximum Gasteiger partial charge on any atom is 0.264 e. The molecule has 10 heteroatoms. The lowest BCUT2D eigenvalue weighted by Gasteiger charge is -2.09. The van der Waals surface area contributed by atoms with Gasteiger partial charge < -0.3 is 10.6 Å². The summed E-state index contributed by atoms with van der Waals surface area (Å²) in [6.07, 6.45) is 2.70. The molecule has 1 aromatic carbocycles. The van der Waals surface area contributed by atoms with E-state index >= 15 is 0 Å². The minimum atomic E-state index is -0.453. The molecular weight excluding hydrogens is 367 g/mol. The molecule has 0 aliphatic carbocycles. The Labute approximate surface area is 159 Å². The van der Waals surface area contributed by atoms with E-state index in [4.69, 9.17) is 0 Å². The van der Waals surface area contributed by atoms with Crippen LogP contribution < -0.4 is 16.2 Å². The first-order valence-corrected chi connectivity index (χ1v) is 8.55. The van der Waals surface area contributed by atoms with Gasteiger partial charge in [0.1, 0.15) is 24.1 Å². The molecule has 0 spiro atoms. The minimum absolute atomic E-state index is 0.162. The average Bonchev–Trinajstić information content (AvgIpc) is 3.05. The van der Waals surface area contributed by atoms with Crippen LogP contribution in [0.1, 0.15) is 15.9 Å². The van der Waals surface area contributed by atoms with Gasteiger partial charge in [0, 0.05) is 25.7 Å². The molecule has 28 heavy (non-hydrogen) atoms. The summed E-state index contributed by atoms with van der Waals surface area (Å²) in [5.74, 6) is -1.29. The number of hydrogen-bond donors (Lipinski definition) is 2. The summed E-state index contributed by atoms with van der Waals surface area (Å²) in [7, 11) is 1.67. The molecule has 0 atom stereocenters. The van der Waals surface area contributed by atoms with Gasteiger partial charge in [0.2, 0.25) is 5.91 Å². The fraction of sp³-hybridized carbons (Fsp3) is 0.278. The van der Waals surface area contributed by atoms with Gasteiger partial charge in [-0.05, 0) is 24.6 Å². The summed E-state index contributed by atoms with van der Waals surface area (Å²) in [5, 5.41) is 9.49. The SMILES string of the molecule is Cc1ccc(C(=O)NCCNC(=O)Cn2cnc3c(cnn3C)c2=O)cc1F. The van der Waals surface area contributed by atoms with Crippen LogP contribution in [0, 0.1) is 12.7 Å². The number of carbonyl (C=O) groups is 2. The van der Waals surface area contributed by atoms with Gasteiger partial charge in [-0.1, -0.05) is 6.07 Å². The van der Waals surface area contributed by atoms with Crippen molar-refractivity contribution in [3.05, 3.63) is 58.0 Å². The molecular formula is C18H19FN6O3. The Morgan fingerprint density at radius 1 is 1.21 bits per heavy atom. The van der Waals surface area contributed by atoms with E-state index in [1.807, 2.05) is 0 Å². The summed E-state index contributed by atoms with van der Waals surface area (Å²) in [4.78, 5) is 40.4. The standard InChI is InChI=1S/C18H19FN6O3/c1-11-3-4-12(7-14(11)19)17(27)21-6-5-20-15(26)9-25-10-22-16-13(18(25)28)8-23-24(16)2/h3-4,7-8,10H,5-6,9H2,1-2H3,(H,20,26)(H,21,27). The Morgan fingerprint density at radius 2 is 1.96 bits per heavy atom. The lowest BCUT2D eigenvalue weighted by molar-refractivity contribution is -0.121. The van der Waals surface area contributed by atoms with E-state index < -0.39 is 17.6 Å². The van der Waals surface area contributed by atoms with Crippen LogP contribution >= 0.6 is 0 Å². The van der Waals surface area contributed by atoms with Gasteiger partial charge in [0.15, 0.2) is 5.65 Å². The van der Waals surface area contributed by atoms with Gasteiger partial charge in [-0.25, -0.2) is 9.37 Å². The molecule has 0 saturated carbocycles. The third-order valence-corrected chi connectivity index (χ3v) is 4.20. The van der Waals surface area contributed by atoms with E-state index in [1.165, 1.54) is 33.9 Å². The van der Waals surface area contributed by atoms with Gasteiger partial charge in [-0.2, -0.15) is 5.10 Å². The highest BCUT2D eigenvalue weighted by Crippen LogP contribution is 2.08. The number of aryl methyl sites for hydroxylation is 2. The zero-order chi connectivity index (χ0) is 20.3. The lowest BCUT2D eigenvalue weighted by atomic mass is 10.1. The number of amides is 2. The van der Waals surface area contributed by atoms with Crippen LogP contribution in [-0.2, 0) is 18.4 Å². The van der Waals surface area contributed by atoms with Crippen LogP contribution in [0.5, 0.6) is 0 Å². The zero-order valence-corrected chi connectivity index (χ0v) is 15.4. The van der Waals surface area contributed by atoms with E-state index in [2.05, 4.69) is 20.7 Å². The van der Waals surface area contributed by atoms with E-state index in [0.29, 0.717) is 16.6 Å². The van der Waals surface area contributed by atoms with E-state index in [9.17, 15) is 18.8 Å². The van der Waals surface area contributed by atoms with Crippen molar-refractivity contribution in [3.63, 3.8) is 0 Å². The fourth-order valence-corrected chi connectivity index (χ4v) is 2.60. The number of aromatic nitrogens is 4. The van der Waals surface area contributed by atoms with E-state index in [1.54, 1.807) is 14.0 Å². The molecule has 3 rings (SSSR count). The molecule has 0 aliphatic rings. The van der Waals surface area contributed by atoms with Gasteiger partial charge in [-0.3, -0.25) is 23.6 Å². The Bertz CT molecular complexity index is 1100. The molecule has 9 nitrogen and oxygen atoms in total. The number of fused-ring (bicyclic) bond motifs is 1. The number of rotatable bonds is 6. The third-order valence-electron chi connectivity index (χ3n) is 4.20. The summed E-state index contributed by atoms with van der Waals surface area (Å²) < 4.78 is 16.2. The molecule has 0 aliphatic heterocycles. The van der Waals surface area contributed by atoms with Gasteiger partial charge in [0.25, 0.3) is 11.5 Å². The van der Waals surface area contributed by atoms with Crippen molar-refractivity contribution in [1.29, 1.82) is 0 Å². The van der Waals surface area contributed by atoms with Crippen molar-refractivity contribution in [2.24, 2.45) is 7.05 Å². The molecule has 0 saturated heterocycles. The highest BCUT2D eigenvalue weighted by atomic mass is 19.1. The highest BCUT2D eigenvalue weighted by molar-refractivity contribution is 5.94. The second-order valence-electron chi connectivity index (χ2n) is 6.25. The Hall–Kier alpha value is -3.56. The summed E-state index contributed by atoms with van der Waals surface area (Å²) in [6.45, 7) is 1.73. The van der Waals surface area contributed by atoms with Gasteiger partial charge in [0.05, 0.1) is 6.20 Å². The molecule has 0 unspecified atom stereocenters. The number of hydrogen-bond acceptors (Lipinski definition) is 5. The van der Waals surface area contributed by atoms with Crippen molar-refractivity contribution >= 4 is 22.8 Å². The molecule has 2 amide bonds. The van der Waals surface area contributed by atoms with E-state index in [0.717, 1.165) is 6.07 Å². The Morgan fingerprint density at radius 3 is 2.71 bits per heavy atom. The van der Waals surface area contributed by atoms with Crippen molar-refractivity contribution in [1.82, 2.24) is 30.0 Å². The molecule has 146 valence electrons. The third kappa shape index (κ3) is 4.05. The smallest absolute Gasteiger partial charge is 0.264 e. The zero-order valence-electron chi connectivity index (χ0n) is 15.4. The molecule has 2 N–H and O–H groups in total. The topological polar surface area (TPSA) is 111 Å². The predicted molar refractivity (Wildman–Crippen MR) is 99.2 cm³/mol. The van der Waals surface area contributed by atoms with Crippen LogP contribution in [0.25, 0.3) is 11.0 Å². The van der Waals surface area contributed by atoms with Gasteiger partial charge in [-0.15, -0.1) is 0 Å². The summed E-state index contributed by atoms with van der Waals surface area (Å²) >= 11 is 0. The van der Waals surface area contributed by atoms with Crippen molar-refractivity contribution in [2.45, 2.75) is 13.5 Å². The van der Waals surface area contributed by atoms with Crippen LogP contribution in [0.3, 0.4) is 0 Å². The quantitative estimate of drug-likeness (QED) is 0.585. The Balaban J connectivity index is 1.49. The van der Waals surface area contributed by atoms with Crippen LogP contribution in [0.4, 0.5) is 4.39 Å². The second-order valence-corrected chi connectivity index (χ2v) is 6.25. The van der Waals surface area contributed by atoms with Crippen LogP contribution in [0.15, 0.2) is 35.5 Å². The largest absolute Gasteiger partial charge is 0.353 e. The first kappa shape index (κ1) is 19.2. The number of carbonyl (C=O) groups excluding carboxylic acids is 2. The first-order valence-electron chi connectivity index (χ1n) is 8.55. The first-order chi connectivity index (χ1) is 13.4. The molecule has 2 aromatic heterocycles. The highest BCUT2D eigenvalue weighted by Gasteiger charge is 2.11. The van der Waals surface area contributed by atoms with Crippen molar-refractivity contribution in [3.8, 4) is 0 Å². The molecule has 3 aromatic rings. The maximum atomic E-state index is 13.5. The van der Waals surface area contributed by atoms with Crippen LogP contribution in [0.2, 0.25) is 0 Å². The fourth-order valence-electron chi connectivity index (χ4n) is 2.60. The monoisotopic (exact) mass is 386 g/mol. The molecule has 0 bridgehead atoms. The van der Waals surface area contributed by atoms with Crippen LogP contribution in [-0.4, -0.2) is 44.2 Å². The average molecular weight is 386 g/mol. The van der Waals surface area contributed by atoms with Crippen molar-refractivity contribution < 1.29 is 14.0 Å².